The molecule has 3 rings (SSSR count). The number of hydrogen-bond acceptors (Lipinski definition) is 6. The Morgan fingerprint density at radius 2 is 1.75 bits per heavy atom. The third kappa shape index (κ3) is 5.08. The molecule has 2 N–H and O–H groups in total. The van der Waals surface area contributed by atoms with Gasteiger partial charge in [-0.3, -0.25) is 14.5 Å². The summed E-state index contributed by atoms with van der Waals surface area (Å²) in [5, 5.41) is 12.5. The van der Waals surface area contributed by atoms with Crippen molar-refractivity contribution in [3.8, 4) is 18.1 Å². The van der Waals surface area contributed by atoms with E-state index in [1.54, 1.807) is 48.5 Å². The molecular weight excluding hydrogens is 412 g/mol. The second-order valence-corrected chi connectivity index (χ2v) is 6.96. The first-order valence-electron chi connectivity index (χ1n) is 9.79. The fourth-order valence-corrected chi connectivity index (χ4v) is 3.14. The second-order valence-electron chi connectivity index (χ2n) is 6.96. The van der Waals surface area contributed by atoms with Crippen molar-refractivity contribution in [2.45, 2.75) is 25.6 Å². The van der Waals surface area contributed by atoms with Gasteiger partial charge in [-0.1, -0.05) is 54.5 Å². The van der Waals surface area contributed by atoms with Crippen LogP contribution in [0.2, 0.25) is 0 Å². The summed E-state index contributed by atoms with van der Waals surface area (Å²) in [6.07, 6.45) is 5.54. The molecule has 164 valence electrons. The van der Waals surface area contributed by atoms with Crippen LogP contribution in [-0.2, 0) is 25.7 Å². The number of likely N-dealkylation sites (tertiary alicyclic amines) is 1. The number of nitrogens with one attached hydrogen (secondary N) is 1. The molecule has 1 aliphatic rings. The summed E-state index contributed by atoms with van der Waals surface area (Å²) < 4.78 is 10.6. The Bertz CT molecular complexity index is 1050. The highest BCUT2D eigenvalue weighted by Gasteiger charge is 2.51. The van der Waals surface area contributed by atoms with E-state index in [4.69, 9.17) is 15.9 Å². The van der Waals surface area contributed by atoms with E-state index >= 15 is 0 Å². The number of ether oxygens (including phenoxy) is 2. The molecule has 2 aromatic rings. The van der Waals surface area contributed by atoms with E-state index in [0.29, 0.717) is 5.75 Å². The highest BCUT2D eigenvalue weighted by Crippen LogP contribution is 2.27. The van der Waals surface area contributed by atoms with E-state index < -0.39 is 35.6 Å². The number of carbonyl (C=O) groups is 3. The highest BCUT2D eigenvalue weighted by molar-refractivity contribution is 6.02. The van der Waals surface area contributed by atoms with Crippen LogP contribution >= 0.6 is 0 Å². The minimum absolute atomic E-state index is 0.0454. The van der Waals surface area contributed by atoms with Crippen molar-refractivity contribution in [1.82, 2.24) is 10.2 Å². The third-order valence-electron chi connectivity index (χ3n) is 4.69. The number of β-lactam (4-membered cyclic amide) rings is 1. The third-order valence-corrected chi connectivity index (χ3v) is 4.69. The number of hydrogen-bond donors (Lipinski definition) is 2. The number of para-hydroxylation sites is 1. The number of aliphatic hydroxyl groups excluding tert-OH is 1. The van der Waals surface area contributed by atoms with Gasteiger partial charge < -0.3 is 19.9 Å². The molecule has 0 spiro atoms. The summed E-state index contributed by atoms with van der Waals surface area (Å²) in [6, 6.07) is 15.6. The Morgan fingerprint density at radius 1 is 1.12 bits per heavy atom. The van der Waals surface area contributed by atoms with E-state index in [1.165, 1.54) is 6.92 Å². The fraction of sp³-hybridized carbons (Fsp3) is 0.208. The van der Waals surface area contributed by atoms with Crippen LogP contribution in [-0.4, -0.2) is 46.5 Å². The van der Waals surface area contributed by atoms with E-state index in [9.17, 15) is 19.5 Å². The molecular formula is C24H22N2O6. The van der Waals surface area contributed by atoms with Crippen molar-refractivity contribution in [3.63, 3.8) is 0 Å². The van der Waals surface area contributed by atoms with Crippen LogP contribution in [0.15, 0.2) is 72.1 Å². The number of benzene rings is 2. The van der Waals surface area contributed by atoms with Crippen LogP contribution in [0.4, 0.5) is 0 Å². The molecule has 1 heterocycles. The van der Waals surface area contributed by atoms with Crippen LogP contribution in [0.5, 0.6) is 5.75 Å². The molecule has 0 saturated carbocycles. The predicted molar refractivity (Wildman–Crippen MR) is 115 cm³/mol. The van der Waals surface area contributed by atoms with E-state index in [-0.39, 0.29) is 18.9 Å². The Hall–Kier alpha value is -4.25. The van der Waals surface area contributed by atoms with Crippen molar-refractivity contribution in [3.05, 3.63) is 77.7 Å². The lowest BCUT2D eigenvalue weighted by Crippen LogP contribution is -2.70. The van der Waals surface area contributed by atoms with Gasteiger partial charge in [0, 0.05) is 0 Å². The van der Waals surface area contributed by atoms with Gasteiger partial charge in [-0.25, -0.2) is 4.79 Å². The summed E-state index contributed by atoms with van der Waals surface area (Å²) in [5.74, 6) is 0.357. The van der Waals surface area contributed by atoms with Crippen molar-refractivity contribution >= 4 is 17.8 Å². The molecule has 2 amide bonds. The first-order chi connectivity index (χ1) is 15.4. The van der Waals surface area contributed by atoms with Crippen LogP contribution < -0.4 is 10.1 Å². The molecule has 2 atom stereocenters. The maximum atomic E-state index is 12.7. The summed E-state index contributed by atoms with van der Waals surface area (Å²) in [6.45, 7) is 0.891. The number of nitrogens with zero attached hydrogens (tertiary/aromatic N) is 1. The molecule has 0 aliphatic carbocycles. The molecule has 0 radical (unpaired) electrons. The predicted octanol–water partition coefficient (Wildman–Crippen LogP) is 1.93. The number of esters is 1. The monoisotopic (exact) mass is 434 g/mol. The van der Waals surface area contributed by atoms with E-state index in [0.717, 1.165) is 10.5 Å². The highest BCUT2D eigenvalue weighted by atomic mass is 16.5. The van der Waals surface area contributed by atoms with Gasteiger partial charge in [-0.05, 0) is 24.6 Å². The van der Waals surface area contributed by atoms with Crippen LogP contribution in [0, 0.1) is 12.3 Å². The molecule has 8 nitrogen and oxygen atoms in total. The minimum atomic E-state index is -1.05. The molecule has 2 aromatic carbocycles. The molecule has 0 bridgehead atoms. The van der Waals surface area contributed by atoms with Crippen LogP contribution in [0.1, 0.15) is 12.5 Å². The molecule has 2 unspecified atom stereocenters. The zero-order chi connectivity index (χ0) is 23.1. The largest absolute Gasteiger partial charge is 0.510 e. The molecule has 32 heavy (non-hydrogen) atoms. The second kappa shape index (κ2) is 10.2. The lowest BCUT2D eigenvalue weighted by atomic mass is 9.94. The smallest absolute Gasteiger partial charge is 0.358 e. The first-order valence-corrected chi connectivity index (χ1v) is 9.79. The van der Waals surface area contributed by atoms with Gasteiger partial charge in [0.25, 0.3) is 11.8 Å². The van der Waals surface area contributed by atoms with Crippen LogP contribution in [0.25, 0.3) is 0 Å². The SMILES string of the molecule is C#CC1C(NC(=O)COc2ccccc2)C(=O)N1C(C(=O)OCc1ccccc1)=C(C)O. The Morgan fingerprint density at radius 3 is 2.34 bits per heavy atom. The Kier molecular flexibility index (Phi) is 7.13. The standard InChI is InChI=1S/C24H22N2O6/c1-3-19-21(25-20(28)15-31-18-12-8-5-9-13-18)23(29)26(19)22(16(2)27)24(30)32-14-17-10-6-4-7-11-17/h1,4-13,19,21,27H,14-15H2,2H3,(H,25,28). The van der Waals surface area contributed by atoms with Gasteiger partial charge in [0.2, 0.25) is 0 Å². The summed E-state index contributed by atoms with van der Waals surface area (Å²) in [5.41, 5.74) is 0.378. The lowest BCUT2D eigenvalue weighted by Gasteiger charge is -2.44. The number of aliphatic hydroxyl groups is 1. The Balaban J connectivity index is 1.62. The molecule has 1 saturated heterocycles. The van der Waals surface area contributed by atoms with E-state index in [1.807, 2.05) is 12.1 Å². The van der Waals surface area contributed by atoms with Gasteiger partial charge in [0.15, 0.2) is 12.3 Å². The average Bonchev–Trinajstić information content (AvgIpc) is 2.81. The maximum Gasteiger partial charge on any atom is 0.358 e. The molecule has 8 heteroatoms. The normalized spacial score (nSPS) is 18.0. The van der Waals surface area contributed by atoms with E-state index in [2.05, 4.69) is 11.2 Å². The number of allylic oxidation sites excluding steroid dienone is 1. The number of rotatable bonds is 8. The first kappa shape index (κ1) is 22.4. The molecule has 0 aromatic heterocycles. The zero-order valence-electron chi connectivity index (χ0n) is 17.4. The lowest BCUT2D eigenvalue weighted by molar-refractivity contribution is -0.155. The van der Waals surface area contributed by atoms with Gasteiger partial charge in [-0.15, -0.1) is 6.42 Å². The van der Waals surface area contributed by atoms with Gasteiger partial charge >= 0.3 is 5.97 Å². The van der Waals surface area contributed by atoms with Crippen molar-refractivity contribution < 1.29 is 29.0 Å². The molecule has 1 aliphatic heterocycles. The summed E-state index contributed by atoms with van der Waals surface area (Å²) in [7, 11) is 0. The number of terminal acetylenes is 1. The van der Waals surface area contributed by atoms with Crippen molar-refractivity contribution in [1.29, 1.82) is 0 Å². The topological polar surface area (TPSA) is 105 Å². The fourth-order valence-electron chi connectivity index (χ4n) is 3.14. The minimum Gasteiger partial charge on any atom is -0.510 e. The van der Waals surface area contributed by atoms with Gasteiger partial charge in [0.05, 0.1) is 0 Å². The average molecular weight is 434 g/mol. The zero-order valence-corrected chi connectivity index (χ0v) is 17.4. The number of carbonyl (C=O) groups excluding carboxylic acids is 3. The molecule has 1 fully saturated rings. The van der Waals surface area contributed by atoms with Crippen molar-refractivity contribution in [2.75, 3.05) is 6.61 Å². The van der Waals surface area contributed by atoms with Crippen LogP contribution in [0.3, 0.4) is 0 Å². The summed E-state index contributed by atoms with van der Waals surface area (Å²) in [4.78, 5) is 38.4. The Labute approximate surface area is 185 Å². The number of amides is 2. The maximum absolute atomic E-state index is 12.7. The summed E-state index contributed by atoms with van der Waals surface area (Å²) >= 11 is 0. The quantitative estimate of drug-likeness (QED) is 0.216. The van der Waals surface area contributed by atoms with Gasteiger partial charge in [0.1, 0.15) is 30.2 Å². The van der Waals surface area contributed by atoms with Crippen molar-refractivity contribution in [2.24, 2.45) is 0 Å². The van der Waals surface area contributed by atoms with Gasteiger partial charge in [-0.2, -0.15) is 0 Å².